The van der Waals surface area contributed by atoms with Gasteiger partial charge < -0.3 is 9.47 Å². The Morgan fingerprint density at radius 1 is 1.29 bits per heavy atom. The van der Waals surface area contributed by atoms with Crippen LogP contribution in [0, 0.1) is 5.92 Å². The number of ether oxygens (including phenoxy) is 2. The average Bonchev–Trinajstić information content (AvgIpc) is 2.91. The maximum absolute atomic E-state index is 6.06. The van der Waals surface area contributed by atoms with Gasteiger partial charge in [-0.3, -0.25) is 11.3 Å². The smallest absolute Gasteiger partial charge is 0.122 e. The van der Waals surface area contributed by atoms with E-state index in [0.717, 1.165) is 31.8 Å². The van der Waals surface area contributed by atoms with E-state index < -0.39 is 0 Å². The van der Waals surface area contributed by atoms with Crippen molar-refractivity contribution in [2.75, 3.05) is 13.2 Å². The summed E-state index contributed by atoms with van der Waals surface area (Å²) in [6, 6.07) is 8.63. The number of hydrazine groups is 1. The summed E-state index contributed by atoms with van der Waals surface area (Å²) in [6.45, 7) is 1.61. The van der Waals surface area contributed by atoms with E-state index in [1.54, 1.807) is 0 Å². The predicted octanol–water partition coefficient (Wildman–Crippen LogP) is 2.34. The molecule has 0 radical (unpaired) electrons. The van der Waals surface area contributed by atoms with Gasteiger partial charge in [-0.05, 0) is 44.1 Å². The molecule has 3 aliphatic rings. The second-order valence-electron chi connectivity index (χ2n) is 6.79. The summed E-state index contributed by atoms with van der Waals surface area (Å²) in [7, 11) is 0. The SMILES string of the molecule is NNC(C1CCOC2(CCC2)C1)C1COc2ccccc21. The molecular weight excluding hydrogens is 264 g/mol. The summed E-state index contributed by atoms with van der Waals surface area (Å²) >= 11 is 0. The van der Waals surface area contributed by atoms with Gasteiger partial charge in [-0.1, -0.05) is 18.2 Å². The first-order chi connectivity index (χ1) is 10.3. The topological polar surface area (TPSA) is 56.5 Å². The van der Waals surface area contributed by atoms with Crippen molar-refractivity contribution in [3.63, 3.8) is 0 Å². The Morgan fingerprint density at radius 3 is 2.90 bits per heavy atom. The fourth-order valence-electron chi connectivity index (χ4n) is 4.36. The van der Waals surface area contributed by atoms with E-state index in [0.29, 0.717) is 11.8 Å². The number of rotatable bonds is 3. The molecule has 4 nitrogen and oxygen atoms in total. The Kier molecular flexibility index (Phi) is 3.40. The highest BCUT2D eigenvalue weighted by Crippen LogP contribution is 2.47. The van der Waals surface area contributed by atoms with Gasteiger partial charge in [-0.2, -0.15) is 0 Å². The van der Waals surface area contributed by atoms with Crippen LogP contribution in [-0.2, 0) is 4.74 Å². The van der Waals surface area contributed by atoms with Crippen LogP contribution in [0.5, 0.6) is 5.75 Å². The molecule has 0 aromatic heterocycles. The van der Waals surface area contributed by atoms with Crippen molar-refractivity contribution in [2.24, 2.45) is 11.8 Å². The fraction of sp³-hybridized carbons (Fsp3) is 0.647. The molecular formula is C17H24N2O2. The lowest BCUT2D eigenvalue weighted by molar-refractivity contribution is -0.148. The van der Waals surface area contributed by atoms with Crippen LogP contribution in [0.15, 0.2) is 24.3 Å². The van der Waals surface area contributed by atoms with Crippen LogP contribution in [0.1, 0.15) is 43.6 Å². The minimum atomic E-state index is 0.164. The summed E-state index contributed by atoms with van der Waals surface area (Å²) in [5.74, 6) is 7.89. The summed E-state index contributed by atoms with van der Waals surface area (Å²) in [5, 5.41) is 0. The second-order valence-corrected chi connectivity index (χ2v) is 6.79. The van der Waals surface area contributed by atoms with E-state index >= 15 is 0 Å². The molecule has 4 heteroatoms. The summed E-state index contributed by atoms with van der Waals surface area (Å²) in [6.07, 6.45) is 5.98. The number of nitrogens with one attached hydrogen (secondary N) is 1. The Hall–Kier alpha value is -1.10. The molecule has 4 rings (SSSR count). The van der Waals surface area contributed by atoms with E-state index in [1.165, 1.54) is 24.8 Å². The first-order valence-corrected chi connectivity index (χ1v) is 8.13. The van der Waals surface area contributed by atoms with Gasteiger partial charge in [-0.25, -0.2) is 0 Å². The van der Waals surface area contributed by atoms with Crippen LogP contribution >= 0.6 is 0 Å². The van der Waals surface area contributed by atoms with E-state index in [1.807, 2.05) is 6.07 Å². The lowest BCUT2D eigenvalue weighted by Gasteiger charge is -2.49. The van der Waals surface area contributed by atoms with Crippen LogP contribution in [0.25, 0.3) is 0 Å². The maximum Gasteiger partial charge on any atom is 0.122 e. The van der Waals surface area contributed by atoms with E-state index in [-0.39, 0.29) is 11.6 Å². The fourth-order valence-corrected chi connectivity index (χ4v) is 4.36. The summed E-state index contributed by atoms with van der Waals surface area (Å²) in [4.78, 5) is 0. The predicted molar refractivity (Wildman–Crippen MR) is 81.0 cm³/mol. The number of para-hydroxylation sites is 1. The van der Waals surface area contributed by atoms with Crippen molar-refractivity contribution in [1.29, 1.82) is 0 Å². The average molecular weight is 288 g/mol. The third kappa shape index (κ3) is 2.26. The van der Waals surface area contributed by atoms with Gasteiger partial charge in [0.2, 0.25) is 0 Å². The van der Waals surface area contributed by atoms with Crippen molar-refractivity contribution in [3.05, 3.63) is 29.8 Å². The number of fused-ring (bicyclic) bond motifs is 1. The second kappa shape index (κ2) is 5.27. The Morgan fingerprint density at radius 2 is 2.14 bits per heavy atom. The van der Waals surface area contributed by atoms with Crippen molar-refractivity contribution < 1.29 is 9.47 Å². The normalized spacial score (nSPS) is 31.3. The van der Waals surface area contributed by atoms with Gasteiger partial charge in [0, 0.05) is 24.1 Å². The number of benzene rings is 1. The molecule has 3 N–H and O–H groups in total. The van der Waals surface area contributed by atoms with E-state index in [4.69, 9.17) is 15.3 Å². The van der Waals surface area contributed by atoms with Crippen LogP contribution in [-0.4, -0.2) is 24.9 Å². The van der Waals surface area contributed by atoms with Gasteiger partial charge in [0.05, 0.1) is 12.2 Å². The molecule has 2 heterocycles. The molecule has 0 bridgehead atoms. The van der Waals surface area contributed by atoms with Crippen LogP contribution in [0.2, 0.25) is 0 Å². The largest absolute Gasteiger partial charge is 0.493 e. The van der Waals surface area contributed by atoms with E-state index in [9.17, 15) is 0 Å². The molecule has 3 atom stereocenters. The monoisotopic (exact) mass is 288 g/mol. The highest BCUT2D eigenvalue weighted by molar-refractivity contribution is 5.40. The summed E-state index contributed by atoms with van der Waals surface area (Å²) < 4.78 is 11.9. The maximum atomic E-state index is 6.06. The molecule has 2 aliphatic heterocycles. The zero-order valence-electron chi connectivity index (χ0n) is 12.4. The number of nitrogens with two attached hydrogens (primary N) is 1. The number of hydrogen-bond acceptors (Lipinski definition) is 4. The van der Waals surface area contributed by atoms with Crippen LogP contribution < -0.4 is 16.0 Å². The van der Waals surface area contributed by atoms with E-state index in [2.05, 4.69) is 23.6 Å². The molecule has 2 fully saturated rings. The summed E-state index contributed by atoms with van der Waals surface area (Å²) in [5.41, 5.74) is 4.57. The van der Waals surface area contributed by atoms with Crippen LogP contribution in [0.3, 0.4) is 0 Å². The van der Waals surface area contributed by atoms with Crippen molar-refractivity contribution in [2.45, 2.75) is 49.7 Å². The standard InChI is InChI=1S/C17H24N2O2/c18-19-16(12-6-9-21-17(10-12)7-3-8-17)14-11-20-15-5-2-1-4-13(14)15/h1-2,4-5,12,14,16,19H,3,6-11,18H2. The molecule has 1 aromatic carbocycles. The molecule has 3 unspecified atom stereocenters. The highest BCUT2D eigenvalue weighted by atomic mass is 16.5. The molecule has 1 aliphatic carbocycles. The third-order valence-corrected chi connectivity index (χ3v) is 5.67. The van der Waals surface area contributed by atoms with Gasteiger partial charge >= 0.3 is 0 Å². The van der Waals surface area contributed by atoms with Gasteiger partial charge in [0.1, 0.15) is 5.75 Å². The lowest BCUT2D eigenvalue weighted by atomic mass is 9.68. The quantitative estimate of drug-likeness (QED) is 0.662. The Balaban J connectivity index is 1.55. The van der Waals surface area contributed by atoms with Gasteiger partial charge in [-0.15, -0.1) is 0 Å². The van der Waals surface area contributed by atoms with Gasteiger partial charge in [0.25, 0.3) is 0 Å². The van der Waals surface area contributed by atoms with Crippen molar-refractivity contribution in [1.82, 2.24) is 5.43 Å². The lowest BCUT2D eigenvalue weighted by Crippen LogP contribution is -2.53. The minimum Gasteiger partial charge on any atom is -0.493 e. The molecule has 1 aromatic rings. The van der Waals surface area contributed by atoms with Crippen molar-refractivity contribution in [3.8, 4) is 5.75 Å². The Labute approximate surface area is 126 Å². The van der Waals surface area contributed by atoms with Crippen molar-refractivity contribution >= 4 is 0 Å². The molecule has 1 spiro atoms. The highest BCUT2D eigenvalue weighted by Gasteiger charge is 2.46. The first kappa shape index (κ1) is 13.6. The third-order valence-electron chi connectivity index (χ3n) is 5.67. The van der Waals surface area contributed by atoms with Crippen LogP contribution in [0.4, 0.5) is 0 Å². The zero-order valence-corrected chi connectivity index (χ0v) is 12.4. The molecule has 0 amide bonds. The molecule has 21 heavy (non-hydrogen) atoms. The first-order valence-electron chi connectivity index (χ1n) is 8.13. The molecule has 1 saturated carbocycles. The molecule has 114 valence electrons. The Bertz CT molecular complexity index is 515. The van der Waals surface area contributed by atoms with Gasteiger partial charge in [0.15, 0.2) is 0 Å². The zero-order chi connectivity index (χ0) is 14.3. The molecule has 1 saturated heterocycles. The minimum absolute atomic E-state index is 0.164. The number of hydrogen-bond donors (Lipinski definition) is 2.